The minimum atomic E-state index is -3.15. The van der Waals surface area contributed by atoms with Gasteiger partial charge in [-0.1, -0.05) is 0 Å². The van der Waals surface area contributed by atoms with Crippen LogP contribution in [0.25, 0.3) is 0 Å². The van der Waals surface area contributed by atoms with Crippen LogP contribution >= 0.6 is 0 Å². The fraction of sp³-hybridized carbons (Fsp3) is 0.600. The summed E-state index contributed by atoms with van der Waals surface area (Å²) < 4.78 is 40.7. The van der Waals surface area contributed by atoms with Gasteiger partial charge in [0, 0.05) is 45.3 Å². The van der Waals surface area contributed by atoms with Crippen molar-refractivity contribution >= 4 is 29.7 Å². The maximum Gasteiger partial charge on any atom is 0.413 e. The Morgan fingerprint density at radius 2 is 1.98 bits per heavy atom. The van der Waals surface area contributed by atoms with E-state index in [1.165, 1.54) is 31.7 Å². The fourth-order valence-electron chi connectivity index (χ4n) is 4.62. The number of likely N-dealkylation sites (tertiary alicyclic amines) is 1. The minimum absolute atomic E-state index is 0.0370. The Morgan fingerprint density at radius 1 is 1.18 bits per heavy atom. The molecule has 0 unspecified atom stereocenters. The van der Waals surface area contributed by atoms with Crippen molar-refractivity contribution in [1.29, 1.82) is 0 Å². The highest BCUT2D eigenvalue weighted by Gasteiger charge is 2.48. The number of ether oxygens (including phenoxy) is 2. The largest absolute Gasteiger partial charge is 0.477 e. The third-order valence-electron chi connectivity index (χ3n) is 7.13. The van der Waals surface area contributed by atoms with E-state index < -0.39 is 30.5 Å². The van der Waals surface area contributed by atoms with Gasteiger partial charge < -0.3 is 24.2 Å². The Hall–Kier alpha value is -3.88. The summed E-state index contributed by atoms with van der Waals surface area (Å²) in [6, 6.07) is -0.451. The zero-order valence-corrected chi connectivity index (χ0v) is 23.0. The van der Waals surface area contributed by atoms with E-state index in [9.17, 15) is 18.4 Å². The Balaban J connectivity index is 1.37. The number of halogens is 2. The van der Waals surface area contributed by atoms with Crippen LogP contribution in [0.4, 0.5) is 36.0 Å². The van der Waals surface area contributed by atoms with Gasteiger partial charge in [-0.3, -0.25) is 10.6 Å². The third kappa shape index (κ3) is 7.20. The number of carbonyl (C=O) groups excluding carboxylic acids is 2. The normalized spacial score (nSPS) is 22.8. The molecule has 2 fully saturated rings. The van der Waals surface area contributed by atoms with Gasteiger partial charge in [0.25, 0.3) is 5.92 Å². The van der Waals surface area contributed by atoms with Gasteiger partial charge in [-0.15, -0.1) is 0 Å². The highest BCUT2D eigenvalue weighted by molar-refractivity contribution is 5.88. The van der Waals surface area contributed by atoms with Crippen LogP contribution in [-0.4, -0.2) is 106 Å². The summed E-state index contributed by atoms with van der Waals surface area (Å²) in [5.41, 5.74) is 0. The lowest BCUT2D eigenvalue weighted by atomic mass is 10.00. The molecule has 3 amide bonds. The predicted molar refractivity (Wildman–Crippen MR) is 143 cm³/mol. The Bertz CT molecular complexity index is 1170. The molecule has 13 nitrogen and oxygen atoms in total. The van der Waals surface area contributed by atoms with Crippen molar-refractivity contribution in [2.75, 3.05) is 55.9 Å². The van der Waals surface area contributed by atoms with Crippen molar-refractivity contribution in [1.82, 2.24) is 29.7 Å². The predicted octanol–water partition coefficient (Wildman–Crippen LogP) is 3.07. The monoisotopic (exact) mass is 563 g/mol. The summed E-state index contributed by atoms with van der Waals surface area (Å²) in [4.78, 5) is 46.5. The number of nitrogens with one attached hydrogen (secondary N) is 2. The van der Waals surface area contributed by atoms with Crippen LogP contribution in [0, 0.1) is 0 Å². The number of aromatic nitrogens is 4. The van der Waals surface area contributed by atoms with E-state index in [0.29, 0.717) is 12.6 Å². The van der Waals surface area contributed by atoms with Gasteiger partial charge >= 0.3 is 12.1 Å². The molecular weight excluding hydrogens is 528 g/mol. The minimum Gasteiger partial charge on any atom is -0.477 e. The van der Waals surface area contributed by atoms with E-state index in [0.717, 1.165) is 24.3 Å². The van der Waals surface area contributed by atoms with E-state index >= 15 is 0 Å². The van der Waals surface area contributed by atoms with Gasteiger partial charge in [0.15, 0.2) is 5.82 Å². The van der Waals surface area contributed by atoms with Gasteiger partial charge in [-0.05, 0) is 39.8 Å². The van der Waals surface area contributed by atoms with Gasteiger partial charge in [-0.2, -0.15) is 4.98 Å². The lowest BCUT2D eigenvalue weighted by Crippen LogP contribution is -2.60. The molecule has 2 aromatic rings. The SMILES string of the molecule is CCOc1cnc(NC(=O)N(C)[C@H]2CN(c3nccc(NC(=O)O[C@@H]4CCN(C)[C@@H](C)C4)n3)CCC2(F)F)cn1. The fourth-order valence-corrected chi connectivity index (χ4v) is 4.62. The quantitative estimate of drug-likeness (QED) is 0.517. The summed E-state index contributed by atoms with van der Waals surface area (Å²) >= 11 is 0. The van der Waals surface area contributed by atoms with E-state index in [2.05, 4.69) is 42.4 Å². The van der Waals surface area contributed by atoms with E-state index in [1.807, 2.05) is 7.05 Å². The van der Waals surface area contributed by atoms with Gasteiger partial charge in [0.2, 0.25) is 11.8 Å². The van der Waals surface area contributed by atoms with Crippen LogP contribution in [0.3, 0.4) is 0 Å². The first-order chi connectivity index (χ1) is 19.1. The average molecular weight is 564 g/mol. The van der Waals surface area contributed by atoms with E-state index in [-0.39, 0.29) is 42.7 Å². The maximum atomic E-state index is 15.0. The van der Waals surface area contributed by atoms with Crippen molar-refractivity contribution < 1.29 is 27.8 Å². The molecule has 0 spiro atoms. The molecule has 4 rings (SSSR count). The molecule has 2 N–H and O–H groups in total. The maximum absolute atomic E-state index is 15.0. The highest BCUT2D eigenvalue weighted by atomic mass is 19.3. The molecular formula is C25H35F2N9O4. The van der Waals surface area contributed by atoms with Crippen LogP contribution in [0.1, 0.15) is 33.1 Å². The number of urea groups is 1. The Morgan fingerprint density at radius 3 is 2.67 bits per heavy atom. The molecule has 0 aromatic carbocycles. The van der Waals surface area contributed by atoms with Crippen molar-refractivity contribution in [3.05, 3.63) is 24.7 Å². The number of hydrogen-bond acceptors (Lipinski definition) is 10. The number of likely N-dealkylation sites (N-methyl/N-ethyl adjacent to an activating group) is 1. The first-order valence-corrected chi connectivity index (χ1v) is 13.2. The summed E-state index contributed by atoms with van der Waals surface area (Å²) in [5.74, 6) is -2.44. The van der Waals surface area contributed by atoms with Crippen molar-refractivity contribution in [3.8, 4) is 5.88 Å². The zero-order valence-electron chi connectivity index (χ0n) is 23.0. The molecule has 0 bridgehead atoms. The van der Waals surface area contributed by atoms with Gasteiger partial charge in [0.1, 0.15) is 18.0 Å². The molecule has 2 aromatic heterocycles. The van der Waals surface area contributed by atoms with Crippen LogP contribution < -0.4 is 20.3 Å². The van der Waals surface area contributed by atoms with Crippen molar-refractivity contribution in [2.24, 2.45) is 0 Å². The number of hydrogen-bond donors (Lipinski definition) is 2. The highest BCUT2D eigenvalue weighted by Crippen LogP contribution is 2.33. The second-order valence-electron chi connectivity index (χ2n) is 9.93. The van der Waals surface area contributed by atoms with Crippen molar-refractivity contribution in [3.63, 3.8) is 0 Å². The van der Waals surface area contributed by atoms with E-state index in [4.69, 9.17) is 9.47 Å². The van der Waals surface area contributed by atoms with E-state index in [1.54, 1.807) is 11.8 Å². The molecule has 0 saturated carbocycles. The number of alkyl halides is 2. The van der Waals surface area contributed by atoms with Crippen LogP contribution in [-0.2, 0) is 4.74 Å². The number of nitrogens with zero attached hydrogens (tertiary/aromatic N) is 7. The standard InChI is InChI=1S/C25H35F2N9O4/c1-5-39-21-14-29-20(13-30-21)32-23(37)35(4)18-15-36(11-8-25(18,26)27)22-28-9-6-19(31-22)33-24(38)40-17-7-10-34(3)16(2)12-17/h6,9,13-14,16-18H,5,7-8,10-12,15H2,1-4H3,(H,29,32,37)(H,28,31,33,38)/t16-,17+,18-/m0/s1. The molecule has 2 aliphatic rings. The number of anilines is 3. The smallest absolute Gasteiger partial charge is 0.413 e. The van der Waals surface area contributed by atoms with Crippen LogP contribution in [0.15, 0.2) is 24.7 Å². The summed E-state index contributed by atoms with van der Waals surface area (Å²) in [6.07, 6.45) is 4.16. The summed E-state index contributed by atoms with van der Waals surface area (Å²) in [7, 11) is 3.32. The zero-order chi connectivity index (χ0) is 28.9. The summed E-state index contributed by atoms with van der Waals surface area (Å²) in [5, 5.41) is 5.09. The molecule has 3 atom stereocenters. The lowest BCUT2D eigenvalue weighted by Gasteiger charge is -2.42. The average Bonchev–Trinajstić information content (AvgIpc) is 2.91. The molecule has 15 heteroatoms. The van der Waals surface area contributed by atoms with Gasteiger partial charge in [0.05, 0.1) is 19.0 Å². The topological polar surface area (TPSA) is 138 Å². The lowest BCUT2D eigenvalue weighted by molar-refractivity contribution is -0.0760. The molecule has 40 heavy (non-hydrogen) atoms. The molecule has 2 saturated heterocycles. The molecule has 218 valence electrons. The number of amides is 3. The summed E-state index contributed by atoms with van der Waals surface area (Å²) in [6.45, 7) is 4.84. The van der Waals surface area contributed by atoms with Crippen LogP contribution in [0.2, 0.25) is 0 Å². The Kier molecular flexibility index (Phi) is 9.12. The first kappa shape index (κ1) is 29.1. The number of piperidine rings is 2. The Labute approximate surface area is 231 Å². The third-order valence-corrected chi connectivity index (χ3v) is 7.13. The number of rotatable bonds is 7. The van der Waals surface area contributed by atoms with Crippen LogP contribution in [0.5, 0.6) is 5.88 Å². The van der Waals surface area contributed by atoms with Gasteiger partial charge in [-0.25, -0.2) is 33.3 Å². The number of carbonyl (C=O) groups is 2. The molecule has 2 aliphatic heterocycles. The second-order valence-corrected chi connectivity index (χ2v) is 9.93. The second kappa shape index (κ2) is 12.5. The first-order valence-electron chi connectivity index (χ1n) is 13.2. The molecule has 0 aliphatic carbocycles. The molecule has 0 radical (unpaired) electrons. The molecule has 4 heterocycles. The van der Waals surface area contributed by atoms with Crippen molar-refractivity contribution in [2.45, 2.75) is 57.2 Å².